The maximum atomic E-state index is 13.2. The Morgan fingerprint density at radius 3 is 2.55 bits per heavy atom. The van der Waals surface area contributed by atoms with Crippen molar-refractivity contribution < 1.29 is 13.6 Å². The lowest BCUT2D eigenvalue weighted by Crippen LogP contribution is -2.50. The molecule has 1 aromatic rings. The fourth-order valence-corrected chi connectivity index (χ4v) is 2.45. The van der Waals surface area contributed by atoms with Gasteiger partial charge in [-0.3, -0.25) is 4.79 Å². The number of carbonyl (C=O) groups excluding carboxylic acids is 1. The molecule has 1 fully saturated rings. The van der Waals surface area contributed by atoms with E-state index in [9.17, 15) is 13.6 Å². The minimum atomic E-state index is -0.899. The number of halogens is 2. The van der Waals surface area contributed by atoms with Crippen LogP contribution in [0.25, 0.3) is 0 Å². The van der Waals surface area contributed by atoms with Crippen LogP contribution in [0.5, 0.6) is 0 Å². The van der Waals surface area contributed by atoms with Gasteiger partial charge in [0.25, 0.3) is 0 Å². The van der Waals surface area contributed by atoms with Crippen LogP contribution in [0.15, 0.2) is 18.2 Å². The molecule has 0 spiro atoms. The molecule has 0 aromatic heterocycles. The number of hydrogen-bond donors (Lipinski definition) is 1. The number of benzene rings is 1. The predicted molar refractivity (Wildman–Crippen MR) is 72.9 cm³/mol. The smallest absolute Gasteiger partial charge is 0.224 e. The summed E-state index contributed by atoms with van der Waals surface area (Å²) >= 11 is 0. The maximum Gasteiger partial charge on any atom is 0.224 e. The molecule has 0 bridgehead atoms. The first-order valence-electron chi connectivity index (χ1n) is 6.82. The Labute approximate surface area is 117 Å². The van der Waals surface area contributed by atoms with E-state index in [-0.39, 0.29) is 17.5 Å². The topological polar surface area (TPSA) is 46.3 Å². The Balaban J connectivity index is 2.05. The van der Waals surface area contributed by atoms with Crippen molar-refractivity contribution in [3.05, 3.63) is 35.4 Å². The van der Waals surface area contributed by atoms with Crippen molar-refractivity contribution in [2.24, 2.45) is 5.73 Å². The van der Waals surface area contributed by atoms with E-state index >= 15 is 0 Å². The third-order valence-corrected chi connectivity index (χ3v) is 4.25. The van der Waals surface area contributed by atoms with E-state index in [2.05, 4.69) is 0 Å². The first-order valence-corrected chi connectivity index (χ1v) is 6.82. The average Bonchev–Trinajstić information content (AvgIpc) is 2.38. The predicted octanol–water partition coefficient (Wildman–Crippen LogP) is 2.76. The largest absolute Gasteiger partial charge is 0.339 e. The highest BCUT2D eigenvalue weighted by Crippen LogP contribution is 2.33. The van der Waals surface area contributed by atoms with Gasteiger partial charge in [0.05, 0.1) is 6.04 Å². The molecule has 1 saturated carbocycles. The van der Waals surface area contributed by atoms with Crippen molar-refractivity contribution in [2.45, 2.75) is 44.2 Å². The summed E-state index contributed by atoms with van der Waals surface area (Å²) in [7, 11) is 1.66. The highest BCUT2D eigenvalue weighted by molar-refractivity contribution is 5.77. The number of carbonyl (C=O) groups is 1. The van der Waals surface area contributed by atoms with Gasteiger partial charge in [0, 0.05) is 19.0 Å². The first-order chi connectivity index (χ1) is 9.32. The van der Waals surface area contributed by atoms with E-state index in [0.29, 0.717) is 12.0 Å². The van der Waals surface area contributed by atoms with Crippen molar-refractivity contribution in [1.29, 1.82) is 0 Å². The summed E-state index contributed by atoms with van der Waals surface area (Å²) < 4.78 is 26.2. The molecule has 2 N–H and O–H groups in total. The summed E-state index contributed by atoms with van der Waals surface area (Å²) in [6.45, 7) is 1.79. The van der Waals surface area contributed by atoms with E-state index in [0.717, 1.165) is 31.4 Å². The molecular weight excluding hydrogens is 262 g/mol. The van der Waals surface area contributed by atoms with Gasteiger partial charge in [0.2, 0.25) is 5.91 Å². The van der Waals surface area contributed by atoms with Gasteiger partial charge in [0.15, 0.2) is 11.6 Å². The third-order valence-electron chi connectivity index (χ3n) is 4.25. The van der Waals surface area contributed by atoms with Crippen LogP contribution >= 0.6 is 0 Å². The Kier molecular flexibility index (Phi) is 4.09. The van der Waals surface area contributed by atoms with Crippen LogP contribution in [0.2, 0.25) is 0 Å². The fourth-order valence-electron chi connectivity index (χ4n) is 2.45. The Bertz CT molecular complexity index is 515. The van der Waals surface area contributed by atoms with Gasteiger partial charge in [-0.1, -0.05) is 6.07 Å². The first kappa shape index (κ1) is 14.9. The highest BCUT2D eigenvalue weighted by atomic mass is 19.2. The molecule has 3 nitrogen and oxygen atoms in total. The lowest BCUT2D eigenvalue weighted by Gasteiger charge is -2.39. The fraction of sp³-hybridized carbons (Fsp3) is 0.533. The van der Waals surface area contributed by atoms with Crippen molar-refractivity contribution in [1.82, 2.24) is 4.90 Å². The Morgan fingerprint density at radius 1 is 1.40 bits per heavy atom. The van der Waals surface area contributed by atoms with Gasteiger partial charge in [0.1, 0.15) is 0 Å². The van der Waals surface area contributed by atoms with Gasteiger partial charge in [-0.25, -0.2) is 8.78 Å². The van der Waals surface area contributed by atoms with Crippen molar-refractivity contribution in [3.63, 3.8) is 0 Å². The molecule has 5 heteroatoms. The summed E-state index contributed by atoms with van der Waals surface area (Å²) in [5.74, 6) is -1.85. The molecule has 1 aliphatic carbocycles. The summed E-state index contributed by atoms with van der Waals surface area (Å²) in [6, 6.07) is 3.39. The van der Waals surface area contributed by atoms with Crippen LogP contribution in [0.3, 0.4) is 0 Å². The Hall–Kier alpha value is -1.49. The summed E-state index contributed by atoms with van der Waals surface area (Å²) in [5.41, 5.74) is 6.26. The van der Waals surface area contributed by atoms with Gasteiger partial charge in [-0.05, 0) is 43.9 Å². The second-order valence-electron chi connectivity index (χ2n) is 5.75. The molecule has 1 aromatic carbocycles. The van der Waals surface area contributed by atoms with E-state index < -0.39 is 11.6 Å². The second-order valence-corrected chi connectivity index (χ2v) is 5.75. The molecule has 20 heavy (non-hydrogen) atoms. The third kappa shape index (κ3) is 2.98. The van der Waals surface area contributed by atoms with E-state index in [1.54, 1.807) is 18.9 Å². The van der Waals surface area contributed by atoms with Crippen molar-refractivity contribution in [2.75, 3.05) is 7.05 Å². The monoisotopic (exact) mass is 282 g/mol. The molecular formula is C15H20F2N2O. The van der Waals surface area contributed by atoms with Gasteiger partial charge in [-0.15, -0.1) is 0 Å². The zero-order valence-electron chi connectivity index (χ0n) is 11.8. The number of hydrogen-bond acceptors (Lipinski definition) is 2. The lowest BCUT2D eigenvalue weighted by atomic mass is 9.75. The minimum absolute atomic E-state index is 0.0653. The van der Waals surface area contributed by atoms with Crippen LogP contribution in [0.1, 0.15) is 44.2 Å². The molecule has 2 rings (SSSR count). The van der Waals surface area contributed by atoms with Gasteiger partial charge >= 0.3 is 0 Å². The minimum Gasteiger partial charge on any atom is -0.339 e. The van der Waals surface area contributed by atoms with E-state index in [1.165, 1.54) is 6.07 Å². The summed E-state index contributed by atoms with van der Waals surface area (Å²) in [4.78, 5) is 13.7. The maximum absolute atomic E-state index is 13.2. The molecule has 0 heterocycles. The van der Waals surface area contributed by atoms with Crippen LogP contribution in [-0.4, -0.2) is 23.4 Å². The van der Waals surface area contributed by atoms with Crippen LogP contribution < -0.4 is 5.73 Å². The van der Waals surface area contributed by atoms with E-state index in [4.69, 9.17) is 5.73 Å². The van der Waals surface area contributed by atoms with Crippen molar-refractivity contribution in [3.8, 4) is 0 Å². The number of nitrogens with zero attached hydrogens (tertiary/aromatic N) is 1. The number of amides is 1. The molecule has 110 valence electrons. The molecule has 1 aliphatic rings. The zero-order chi connectivity index (χ0) is 14.9. The SMILES string of the molecule is CC(c1ccc(F)c(F)c1)N(C)C(=O)CC1(N)CCC1. The van der Waals surface area contributed by atoms with Crippen LogP contribution in [-0.2, 0) is 4.79 Å². The van der Waals surface area contributed by atoms with E-state index in [1.807, 2.05) is 0 Å². The molecule has 0 aliphatic heterocycles. The van der Waals surface area contributed by atoms with Gasteiger partial charge in [-0.2, -0.15) is 0 Å². The number of rotatable bonds is 4. The standard InChI is InChI=1S/C15H20F2N2O/c1-10(11-4-5-12(16)13(17)8-11)19(2)14(20)9-15(18)6-3-7-15/h4-5,8,10H,3,6-7,9,18H2,1-2H3. The van der Waals surface area contributed by atoms with Gasteiger partial charge < -0.3 is 10.6 Å². The quantitative estimate of drug-likeness (QED) is 0.923. The van der Waals surface area contributed by atoms with Crippen LogP contribution in [0, 0.1) is 11.6 Å². The molecule has 1 atom stereocenters. The average molecular weight is 282 g/mol. The highest BCUT2D eigenvalue weighted by Gasteiger charge is 2.36. The lowest BCUT2D eigenvalue weighted by molar-refractivity contribution is -0.133. The second kappa shape index (κ2) is 5.48. The summed E-state index contributed by atoms with van der Waals surface area (Å²) in [6.07, 6.45) is 3.10. The van der Waals surface area contributed by atoms with Crippen molar-refractivity contribution >= 4 is 5.91 Å². The Morgan fingerprint density at radius 2 is 2.05 bits per heavy atom. The summed E-state index contributed by atoms with van der Waals surface area (Å²) in [5, 5.41) is 0. The molecule has 0 radical (unpaired) electrons. The molecule has 1 unspecified atom stereocenters. The zero-order valence-corrected chi connectivity index (χ0v) is 11.8. The molecule has 1 amide bonds. The molecule has 0 saturated heterocycles. The normalized spacial score (nSPS) is 18.2. The van der Waals surface area contributed by atoms with Crippen LogP contribution in [0.4, 0.5) is 8.78 Å². The number of nitrogens with two attached hydrogens (primary N) is 1.